The van der Waals surface area contributed by atoms with Crippen molar-refractivity contribution in [1.82, 2.24) is 0 Å². The lowest BCUT2D eigenvalue weighted by Gasteiger charge is -2.14. The first kappa shape index (κ1) is 16.7. The van der Waals surface area contributed by atoms with Crippen molar-refractivity contribution < 1.29 is 14.3 Å². The molecule has 5 nitrogen and oxygen atoms in total. The fourth-order valence-corrected chi connectivity index (χ4v) is 2.22. The van der Waals surface area contributed by atoms with E-state index >= 15 is 0 Å². The largest absolute Gasteiger partial charge is 0.493 e. The van der Waals surface area contributed by atoms with Crippen molar-refractivity contribution in [3.05, 3.63) is 47.5 Å². The third kappa shape index (κ3) is 3.94. The third-order valence-electron chi connectivity index (χ3n) is 3.50. The summed E-state index contributed by atoms with van der Waals surface area (Å²) in [6, 6.07) is 10.9. The number of aryl methyl sites for hydroxylation is 1. The maximum atomic E-state index is 12.5. The van der Waals surface area contributed by atoms with Gasteiger partial charge in [0.1, 0.15) is 0 Å². The van der Waals surface area contributed by atoms with Crippen molar-refractivity contribution in [1.29, 1.82) is 0 Å². The number of carbonyl (C=O) groups excluding carboxylic acids is 1. The molecular weight excluding hydrogens is 292 g/mol. The second kappa shape index (κ2) is 7.54. The second-order valence-electron chi connectivity index (χ2n) is 5.03. The zero-order valence-electron chi connectivity index (χ0n) is 13.7. The first-order chi connectivity index (χ1) is 11.1. The van der Waals surface area contributed by atoms with E-state index in [0.717, 1.165) is 12.1 Å². The van der Waals surface area contributed by atoms with Crippen LogP contribution in [0.3, 0.4) is 0 Å². The van der Waals surface area contributed by atoms with E-state index < -0.39 is 0 Å². The summed E-state index contributed by atoms with van der Waals surface area (Å²) < 4.78 is 10.7. The van der Waals surface area contributed by atoms with Crippen LogP contribution in [-0.4, -0.2) is 19.6 Å². The summed E-state index contributed by atoms with van der Waals surface area (Å²) in [4.78, 5) is 12.5. The van der Waals surface area contributed by atoms with E-state index in [0.29, 0.717) is 29.4 Å². The number of nitrogens with two attached hydrogens (primary N) is 1. The average molecular weight is 314 g/mol. The zero-order valence-corrected chi connectivity index (χ0v) is 13.7. The normalized spacial score (nSPS) is 10.2. The lowest BCUT2D eigenvalue weighted by atomic mass is 10.1. The summed E-state index contributed by atoms with van der Waals surface area (Å²) >= 11 is 0. The van der Waals surface area contributed by atoms with Gasteiger partial charge in [0.05, 0.1) is 19.3 Å². The number of carbonyl (C=O) groups is 1. The van der Waals surface area contributed by atoms with Crippen LogP contribution in [0.4, 0.5) is 11.4 Å². The highest BCUT2D eigenvalue weighted by molar-refractivity contribution is 6.08. The molecule has 0 bridgehead atoms. The number of nitrogens with one attached hydrogen (secondary N) is 1. The molecule has 0 fully saturated rings. The predicted molar refractivity (Wildman–Crippen MR) is 92.3 cm³/mol. The number of anilines is 2. The lowest BCUT2D eigenvalue weighted by Crippen LogP contribution is -2.14. The van der Waals surface area contributed by atoms with Crippen LogP contribution in [0.5, 0.6) is 11.5 Å². The van der Waals surface area contributed by atoms with Crippen LogP contribution < -0.4 is 20.5 Å². The molecule has 1 amide bonds. The van der Waals surface area contributed by atoms with Crippen LogP contribution in [0.25, 0.3) is 0 Å². The molecule has 23 heavy (non-hydrogen) atoms. The molecule has 0 heterocycles. The van der Waals surface area contributed by atoms with Crippen LogP contribution >= 0.6 is 0 Å². The topological polar surface area (TPSA) is 73.6 Å². The summed E-state index contributed by atoms with van der Waals surface area (Å²) in [6.45, 7) is 4.42. The maximum Gasteiger partial charge on any atom is 0.257 e. The predicted octanol–water partition coefficient (Wildman–Crippen LogP) is 3.49. The van der Waals surface area contributed by atoms with Crippen LogP contribution in [0.15, 0.2) is 36.4 Å². The average Bonchev–Trinajstić information content (AvgIpc) is 2.56. The summed E-state index contributed by atoms with van der Waals surface area (Å²) in [5, 5.41) is 2.84. The fourth-order valence-electron chi connectivity index (χ4n) is 2.22. The molecule has 2 aromatic carbocycles. The zero-order chi connectivity index (χ0) is 16.8. The van der Waals surface area contributed by atoms with Crippen molar-refractivity contribution in [3.8, 4) is 11.5 Å². The molecule has 0 saturated heterocycles. The van der Waals surface area contributed by atoms with Gasteiger partial charge in [0.15, 0.2) is 11.5 Å². The van der Waals surface area contributed by atoms with Gasteiger partial charge < -0.3 is 20.5 Å². The van der Waals surface area contributed by atoms with Gasteiger partial charge in [-0.05, 0) is 37.1 Å². The van der Waals surface area contributed by atoms with E-state index in [1.54, 1.807) is 12.1 Å². The maximum absolute atomic E-state index is 12.5. The highest BCUT2D eigenvalue weighted by Gasteiger charge is 2.15. The SMILES string of the molecule is CCOc1cc(C(=O)Nc2ccc(CC)cc2)c(N)cc1OC. The Morgan fingerprint density at radius 3 is 2.39 bits per heavy atom. The van der Waals surface area contributed by atoms with Crippen LogP contribution in [-0.2, 0) is 6.42 Å². The van der Waals surface area contributed by atoms with Crippen molar-refractivity contribution >= 4 is 17.3 Å². The summed E-state index contributed by atoms with van der Waals surface area (Å²) in [7, 11) is 1.53. The van der Waals surface area contributed by atoms with Gasteiger partial charge in [-0.1, -0.05) is 19.1 Å². The first-order valence-electron chi connectivity index (χ1n) is 7.59. The molecule has 0 aliphatic rings. The van der Waals surface area contributed by atoms with E-state index in [-0.39, 0.29) is 5.91 Å². The molecule has 0 unspecified atom stereocenters. The quantitative estimate of drug-likeness (QED) is 0.800. The number of rotatable bonds is 6. The smallest absolute Gasteiger partial charge is 0.257 e. The van der Waals surface area contributed by atoms with Crippen LogP contribution in [0.1, 0.15) is 29.8 Å². The Hall–Kier alpha value is -2.69. The standard InChI is InChI=1S/C18H22N2O3/c1-4-12-6-8-13(9-7-12)20-18(21)14-10-17(23-5-2)16(22-3)11-15(14)19/h6-11H,4-5,19H2,1-3H3,(H,20,21). The van der Waals surface area contributed by atoms with Gasteiger partial charge >= 0.3 is 0 Å². The van der Waals surface area contributed by atoms with E-state index in [9.17, 15) is 4.79 Å². The number of ether oxygens (including phenoxy) is 2. The number of hydrogen-bond acceptors (Lipinski definition) is 4. The van der Waals surface area contributed by atoms with Crippen molar-refractivity contribution in [2.24, 2.45) is 0 Å². The third-order valence-corrected chi connectivity index (χ3v) is 3.50. The Bertz CT molecular complexity index is 681. The molecule has 2 aromatic rings. The second-order valence-corrected chi connectivity index (χ2v) is 5.03. The Morgan fingerprint density at radius 1 is 1.13 bits per heavy atom. The van der Waals surface area contributed by atoms with Gasteiger partial charge in [-0.25, -0.2) is 0 Å². The molecule has 0 spiro atoms. The monoisotopic (exact) mass is 314 g/mol. The Labute approximate surface area is 136 Å². The van der Waals surface area contributed by atoms with Crippen molar-refractivity contribution in [2.75, 3.05) is 24.8 Å². The number of benzene rings is 2. The van der Waals surface area contributed by atoms with Gasteiger partial charge in [0, 0.05) is 17.4 Å². The van der Waals surface area contributed by atoms with Crippen molar-refractivity contribution in [2.45, 2.75) is 20.3 Å². The molecule has 2 rings (SSSR count). The molecule has 0 aromatic heterocycles. The van der Waals surface area contributed by atoms with Gasteiger partial charge in [0.25, 0.3) is 5.91 Å². The first-order valence-corrected chi connectivity index (χ1v) is 7.59. The van der Waals surface area contributed by atoms with Gasteiger partial charge in [-0.15, -0.1) is 0 Å². The highest BCUT2D eigenvalue weighted by atomic mass is 16.5. The molecule has 122 valence electrons. The number of methoxy groups -OCH3 is 1. The number of nitrogen functional groups attached to an aromatic ring is 1. The fraction of sp³-hybridized carbons (Fsp3) is 0.278. The molecular formula is C18H22N2O3. The van der Waals surface area contributed by atoms with Gasteiger partial charge in [0.2, 0.25) is 0 Å². The molecule has 0 aliphatic heterocycles. The number of hydrogen-bond donors (Lipinski definition) is 2. The minimum absolute atomic E-state index is 0.282. The highest BCUT2D eigenvalue weighted by Crippen LogP contribution is 2.32. The molecule has 5 heteroatoms. The van der Waals surface area contributed by atoms with Crippen LogP contribution in [0, 0.1) is 0 Å². The van der Waals surface area contributed by atoms with Crippen LogP contribution in [0.2, 0.25) is 0 Å². The Morgan fingerprint density at radius 2 is 1.83 bits per heavy atom. The lowest BCUT2D eigenvalue weighted by molar-refractivity contribution is 0.102. The van der Waals surface area contributed by atoms with E-state index in [1.165, 1.54) is 12.7 Å². The van der Waals surface area contributed by atoms with Gasteiger partial charge in [-0.2, -0.15) is 0 Å². The van der Waals surface area contributed by atoms with E-state index in [2.05, 4.69) is 12.2 Å². The van der Waals surface area contributed by atoms with Crippen molar-refractivity contribution in [3.63, 3.8) is 0 Å². The van der Waals surface area contributed by atoms with E-state index in [1.807, 2.05) is 31.2 Å². The minimum atomic E-state index is -0.282. The van der Waals surface area contributed by atoms with Gasteiger partial charge in [-0.3, -0.25) is 4.79 Å². The summed E-state index contributed by atoms with van der Waals surface area (Å²) in [6.07, 6.45) is 0.956. The molecule has 3 N–H and O–H groups in total. The summed E-state index contributed by atoms with van der Waals surface area (Å²) in [5.41, 5.74) is 8.60. The summed E-state index contributed by atoms with van der Waals surface area (Å²) in [5.74, 6) is 0.722. The molecule has 0 saturated carbocycles. The Balaban J connectivity index is 2.25. The van der Waals surface area contributed by atoms with E-state index in [4.69, 9.17) is 15.2 Å². The molecule has 0 aliphatic carbocycles. The Kier molecular flexibility index (Phi) is 5.46. The minimum Gasteiger partial charge on any atom is -0.493 e. The molecule has 0 atom stereocenters. The molecule has 0 radical (unpaired) electrons. The number of amides is 1.